The number of nitrogens with zero attached hydrogens (tertiary/aromatic N) is 1. The highest BCUT2D eigenvalue weighted by atomic mass is 35.5. The van der Waals surface area contributed by atoms with Gasteiger partial charge in [0.1, 0.15) is 17.2 Å². The average Bonchev–Trinajstić information content (AvgIpc) is 3.07. The monoisotopic (exact) mass is 420 g/mol. The first-order valence-corrected chi connectivity index (χ1v) is 10.3. The van der Waals surface area contributed by atoms with Crippen LogP contribution in [0, 0.1) is 0 Å². The fourth-order valence-electron chi connectivity index (χ4n) is 3.02. The molecular weight excluding hydrogens is 400 g/mol. The van der Waals surface area contributed by atoms with E-state index >= 15 is 0 Å². The van der Waals surface area contributed by atoms with Crippen molar-refractivity contribution in [1.82, 2.24) is 9.29 Å². The summed E-state index contributed by atoms with van der Waals surface area (Å²) in [6.45, 7) is 0.432. The third kappa shape index (κ3) is 3.61. The van der Waals surface area contributed by atoms with E-state index in [0.29, 0.717) is 39.9 Å². The smallest absolute Gasteiger partial charge is 0.268 e. The fourth-order valence-corrected chi connectivity index (χ4v) is 4.68. The molecule has 0 aliphatic heterocycles. The second kappa shape index (κ2) is 8.26. The normalized spacial score (nSPS) is 11.4. The average molecular weight is 421 g/mol. The number of nitrogens with one attached hydrogen (secondary N) is 1. The summed E-state index contributed by atoms with van der Waals surface area (Å²) in [5.74, 6) is 0.906. The van der Waals surface area contributed by atoms with Crippen LogP contribution >= 0.6 is 11.6 Å². The highest BCUT2D eigenvalue weighted by Crippen LogP contribution is 2.40. The minimum Gasteiger partial charge on any atom is -0.497 e. The molecule has 0 fully saturated rings. The van der Waals surface area contributed by atoms with Gasteiger partial charge in [0.2, 0.25) is 0 Å². The van der Waals surface area contributed by atoms with Crippen molar-refractivity contribution in [3.8, 4) is 22.8 Å². The number of methoxy groups -OCH3 is 2. The third-order valence-electron chi connectivity index (χ3n) is 4.30. The second-order valence-electron chi connectivity index (χ2n) is 6.03. The van der Waals surface area contributed by atoms with Gasteiger partial charge in [0, 0.05) is 29.9 Å². The molecule has 3 rings (SSSR count). The second-order valence-corrected chi connectivity index (χ2v) is 8.25. The van der Waals surface area contributed by atoms with E-state index in [2.05, 4.69) is 5.32 Å². The molecule has 3 aromatic rings. The van der Waals surface area contributed by atoms with Crippen LogP contribution in [0.15, 0.2) is 59.6 Å². The Kier molecular flexibility index (Phi) is 5.98. The van der Waals surface area contributed by atoms with Crippen LogP contribution in [0.4, 0.5) is 0 Å². The maximum Gasteiger partial charge on any atom is 0.268 e. The molecule has 8 heteroatoms. The van der Waals surface area contributed by atoms with Gasteiger partial charge in [0.15, 0.2) is 0 Å². The van der Waals surface area contributed by atoms with Crippen molar-refractivity contribution in [3.63, 3.8) is 0 Å². The molecule has 0 atom stereocenters. The first kappa shape index (κ1) is 20.3. The minimum absolute atomic E-state index is 0.105. The number of ether oxygens (including phenoxy) is 2. The molecule has 0 bridgehead atoms. The van der Waals surface area contributed by atoms with Gasteiger partial charge in [-0.15, -0.1) is 0 Å². The zero-order chi connectivity index (χ0) is 20.3. The van der Waals surface area contributed by atoms with E-state index in [1.165, 1.54) is 30.3 Å². The zero-order valence-electron chi connectivity index (χ0n) is 15.8. The van der Waals surface area contributed by atoms with Crippen LogP contribution in [0.5, 0.6) is 11.5 Å². The number of benzene rings is 2. The van der Waals surface area contributed by atoms with Crippen molar-refractivity contribution >= 4 is 21.6 Å². The predicted octanol–water partition coefficient (Wildman–Crippen LogP) is 3.78. The van der Waals surface area contributed by atoms with E-state index in [1.54, 1.807) is 49.6 Å². The molecule has 148 valence electrons. The van der Waals surface area contributed by atoms with Crippen LogP contribution in [0.3, 0.4) is 0 Å². The van der Waals surface area contributed by atoms with Crippen molar-refractivity contribution in [1.29, 1.82) is 0 Å². The maximum atomic E-state index is 13.5. The Balaban J connectivity index is 2.32. The first-order valence-electron chi connectivity index (χ1n) is 8.51. The van der Waals surface area contributed by atoms with Crippen LogP contribution in [-0.2, 0) is 16.6 Å². The van der Waals surface area contributed by atoms with Crippen LogP contribution in [0.1, 0.15) is 5.56 Å². The molecular formula is C20H21ClN2O4S. The van der Waals surface area contributed by atoms with Crippen LogP contribution < -0.4 is 14.8 Å². The van der Waals surface area contributed by atoms with E-state index in [4.69, 9.17) is 21.1 Å². The highest BCUT2D eigenvalue weighted by molar-refractivity contribution is 7.90. The fraction of sp³-hybridized carbons (Fsp3) is 0.200. The summed E-state index contributed by atoms with van der Waals surface area (Å²) in [7, 11) is 0.855. The number of hydrogen-bond donors (Lipinski definition) is 1. The largest absolute Gasteiger partial charge is 0.497 e. The van der Waals surface area contributed by atoms with Gasteiger partial charge in [0.05, 0.1) is 24.1 Å². The molecule has 0 aliphatic carbocycles. The minimum atomic E-state index is -3.93. The van der Waals surface area contributed by atoms with E-state index in [1.807, 2.05) is 0 Å². The molecule has 1 heterocycles. The van der Waals surface area contributed by atoms with Crippen molar-refractivity contribution in [2.75, 3.05) is 21.3 Å². The van der Waals surface area contributed by atoms with Gasteiger partial charge in [-0.1, -0.05) is 35.9 Å². The molecule has 28 heavy (non-hydrogen) atoms. The molecule has 2 aromatic carbocycles. The SMILES string of the molecule is CNCc1cn(S(=O)(=O)c2cccc(OC)c2)c(-c2ccccc2Cl)c1OC. The Labute approximate surface area is 169 Å². The van der Waals surface area contributed by atoms with Gasteiger partial charge in [0.25, 0.3) is 10.0 Å². The summed E-state index contributed by atoms with van der Waals surface area (Å²) in [5, 5.41) is 3.46. The summed E-state index contributed by atoms with van der Waals surface area (Å²) in [4.78, 5) is 0.105. The predicted molar refractivity (Wildman–Crippen MR) is 110 cm³/mol. The van der Waals surface area contributed by atoms with Crippen LogP contribution in [0.2, 0.25) is 5.02 Å². The summed E-state index contributed by atoms with van der Waals surface area (Å²) >= 11 is 6.39. The lowest BCUT2D eigenvalue weighted by molar-refractivity contribution is 0.411. The number of halogens is 1. The first-order chi connectivity index (χ1) is 13.4. The Morgan fingerprint density at radius 2 is 1.82 bits per heavy atom. The van der Waals surface area contributed by atoms with Gasteiger partial charge < -0.3 is 14.8 Å². The van der Waals surface area contributed by atoms with Gasteiger partial charge >= 0.3 is 0 Å². The van der Waals surface area contributed by atoms with Crippen LogP contribution in [-0.4, -0.2) is 33.7 Å². The number of hydrogen-bond acceptors (Lipinski definition) is 5. The molecule has 6 nitrogen and oxygen atoms in total. The lowest BCUT2D eigenvalue weighted by Gasteiger charge is -2.14. The van der Waals surface area contributed by atoms with E-state index in [9.17, 15) is 8.42 Å². The van der Waals surface area contributed by atoms with E-state index in [0.717, 1.165) is 0 Å². The quantitative estimate of drug-likeness (QED) is 0.629. The molecule has 0 amide bonds. The van der Waals surface area contributed by atoms with Crippen molar-refractivity contribution in [3.05, 3.63) is 65.3 Å². The standard InChI is InChI=1S/C20H21ClN2O4S/c1-22-12-14-13-23(28(24,25)16-8-6-7-15(11-16)26-2)19(20(14)27-3)17-9-4-5-10-18(17)21/h4-11,13,22H,12H2,1-3H3. The van der Waals surface area contributed by atoms with Gasteiger partial charge in [-0.2, -0.15) is 0 Å². The number of aromatic nitrogens is 1. The van der Waals surface area contributed by atoms with Crippen LogP contribution in [0.25, 0.3) is 11.3 Å². The van der Waals surface area contributed by atoms with Gasteiger partial charge in [-0.3, -0.25) is 0 Å². The molecule has 1 N–H and O–H groups in total. The molecule has 0 saturated carbocycles. The lowest BCUT2D eigenvalue weighted by Crippen LogP contribution is -2.14. The Bertz CT molecular complexity index is 1090. The topological polar surface area (TPSA) is 69.6 Å². The molecule has 0 spiro atoms. The van der Waals surface area contributed by atoms with Crippen molar-refractivity contribution < 1.29 is 17.9 Å². The highest BCUT2D eigenvalue weighted by Gasteiger charge is 2.28. The Hall–Kier alpha value is -2.48. The van der Waals surface area contributed by atoms with Gasteiger partial charge in [-0.25, -0.2) is 12.4 Å². The third-order valence-corrected chi connectivity index (χ3v) is 6.28. The molecule has 1 aromatic heterocycles. The molecule has 0 aliphatic rings. The summed E-state index contributed by atoms with van der Waals surface area (Å²) in [6, 6.07) is 13.4. The maximum absolute atomic E-state index is 13.5. The summed E-state index contributed by atoms with van der Waals surface area (Å²) in [5.41, 5.74) is 1.64. The Morgan fingerprint density at radius 3 is 2.46 bits per heavy atom. The van der Waals surface area contributed by atoms with Crippen molar-refractivity contribution in [2.24, 2.45) is 0 Å². The van der Waals surface area contributed by atoms with E-state index in [-0.39, 0.29) is 4.90 Å². The molecule has 0 saturated heterocycles. The van der Waals surface area contributed by atoms with Gasteiger partial charge in [-0.05, 0) is 25.2 Å². The Morgan fingerprint density at radius 1 is 1.07 bits per heavy atom. The lowest BCUT2D eigenvalue weighted by atomic mass is 10.1. The number of rotatable bonds is 7. The molecule has 0 radical (unpaired) electrons. The zero-order valence-corrected chi connectivity index (χ0v) is 17.3. The summed E-state index contributed by atoms with van der Waals surface area (Å²) in [6.07, 6.45) is 1.56. The van der Waals surface area contributed by atoms with E-state index < -0.39 is 10.0 Å². The van der Waals surface area contributed by atoms with Crippen molar-refractivity contribution in [2.45, 2.75) is 11.4 Å². The molecule has 0 unspecified atom stereocenters. The summed E-state index contributed by atoms with van der Waals surface area (Å²) < 4.78 is 38.9.